The molecule has 0 amide bonds. The predicted molar refractivity (Wildman–Crippen MR) is 96.7 cm³/mol. The van der Waals surface area contributed by atoms with Crippen LogP contribution >= 0.6 is 22.6 Å². The van der Waals surface area contributed by atoms with Gasteiger partial charge in [-0.25, -0.2) is 18.2 Å². The van der Waals surface area contributed by atoms with Crippen molar-refractivity contribution in [3.63, 3.8) is 0 Å². The van der Waals surface area contributed by atoms with Gasteiger partial charge in [-0.1, -0.05) is 13.8 Å². The Morgan fingerprint density at radius 1 is 1.08 bits per heavy atom. The lowest BCUT2D eigenvalue weighted by Crippen LogP contribution is -2.24. The number of halogens is 4. The van der Waals surface area contributed by atoms with Gasteiger partial charge in [0.15, 0.2) is 0 Å². The number of anilines is 1. The molecule has 0 fully saturated rings. The van der Waals surface area contributed by atoms with E-state index in [1.807, 2.05) is 43.4 Å². The van der Waals surface area contributed by atoms with Gasteiger partial charge in [-0.15, -0.1) is 0 Å². The van der Waals surface area contributed by atoms with Crippen molar-refractivity contribution >= 4 is 34.2 Å². The predicted octanol–water partition coefficient (Wildman–Crippen LogP) is 4.27. The summed E-state index contributed by atoms with van der Waals surface area (Å²) in [7, 11) is 0. The first-order valence-corrected chi connectivity index (χ1v) is 8.68. The van der Waals surface area contributed by atoms with E-state index in [0.29, 0.717) is 27.4 Å². The van der Waals surface area contributed by atoms with Crippen LogP contribution in [-0.2, 0) is 0 Å². The van der Waals surface area contributed by atoms with Gasteiger partial charge in [-0.05, 0) is 35.4 Å². The maximum Gasteiger partial charge on any atom is 0.255 e. The zero-order chi connectivity index (χ0) is 18.3. The Balaban J connectivity index is 2.32. The second kappa shape index (κ2) is 6.77. The Hall–Kier alpha value is -1.91. The molecule has 5 nitrogen and oxygen atoms in total. The molecule has 3 rings (SSSR count). The molecule has 132 valence electrons. The van der Waals surface area contributed by atoms with E-state index < -0.39 is 17.5 Å². The van der Waals surface area contributed by atoms with Crippen molar-refractivity contribution in [2.45, 2.75) is 26.8 Å². The Kier molecular flexibility index (Phi) is 4.85. The molecular weight excluding hydrogens is 446 g/mol. The summed E-state index contributed by atoms with van der Waals surface area (Å²) in [6, 6.07) is 1.28. The average Bonchev–Trinajstić information content (AvgIpc) is 2.96. The third-order valence-corrected chi connectivity index (χ3v) is 4.78. The van der Waals surface area contributed by atoms with Crippen LogP contribution in [0.1, 0.15) is 20.8 Å². The number of rotatable bonds is 4. The van der Waals surface area contributed by atoms with E-state index >= 15 is 0 Å². The lowest BCUT2D eigenvalue weighted by molar-refractivity contribution is 0.546. The summed E-state index contributed by atoms with van der Waals surface area (Å²) < 4.78 is 43.8. The first kappa shape index (κ1) is 17.9. The summed E-state index contributed by atoms with van der Waals surface area (Å²) in [5.74, 6) is -2.07. The van der Waals surface area contributed by atoms with Crippen molar-refractivity contribution < 1.29 is 13.2 Å². The monoisotopic (exact) mass is 461 g/mol. The average molecular weight is 461 g/mol. The summed E-state index contributed by atoms with van der Waals surface area (Å²) in [6.45, 7) is 5.98. The van der Waals surface area contributed by atoms with Crippen LogP contribution in [0.2, 0.25) is 0 Å². The quantitative estimate of drug-likeness (QED) is 0.466. The van der Waals surface area contributed by atoms with Gasteiger partial charge in [0.1, 0.15) is 33.3 Å². The molecule has 3 aromatic rings. The van der Waals surface area contributed by atoms with E-state index in [9.17, 15) is 13.2 Å². The number of hydrogen-bond donors (Lipinski definition) is 1. The van der Waals surface area contributed by atoms with E-state index in [1.54, 1.807) is 0 Å². The fourth-order valence-corrected chi connectivity index (χ4v) is 3.08. The second-order valence-electron chi connectivity index (χ2n) is 6.02. The molecular formula is C16H15F3IN5. The molecule has 0 aliphatic carbocycles. The number of aromatic nitrogens is 4. The highest BCUT2D eigenvalue weighted by Gasteiger charge is 2.25. The maximum atomic E-state index is 14.4. The highest BCUT2D eigenvalue weighted by molar-refractivity contribution is 14.1. The fourth-order valence-electron chi connectivity index (χ4n) is 2.33. The standard InChI is InChI=1S/C16H15F3IN5/c1-7(2)8(3)23-15-13(12-10(18)4-9(17)5-11(12)19)14(20)24-16-21-6-22-25(15)16/h4-8,23H,1-3H3/t8-/m1/s1. The molecule has 2 heterocycles. The van der Waals surface area contributed by atoms with Crippen LogP contribution in [0.3, 0.4) is 0 Å². The Bertz CT molecular complexity index is 918. The molecule has 0 aliphatic rings. The van der Waals surface area contributed by atoms with Crippen LogP contribution in [0.4, 0.5) is 19.0 Å². The van der Waals surface area contributed by atoms with Crippen LogP contribution in [0.15, 0.2) is 18.5 Å². The maximum absolute atomic E-state index is 14.4. The molecule has 0 saturated heterocycles. The first-order chi connectivity index (χ1) is 11.8. The fraction of sp³-hybridized carbons (Fsp3) is 0.312. The normalized spacial score (nSPS) is 12.8. The van der Waals surface area contributed by atoms with Crippen LogP contribution in [0, 0.1) is 27.1 Å². The Morgan fingerprint density at radius 2 is 1.72 bits per heavy atom. The van der Waals surface area contributed by atoms with E-state index in [4.69, 9.17) is 0 Å². The van der Waals surface area contributed by atoms with Gasteiger partial charge in [0, 0.05) is 18.2 Å². The molecule has 9 heteroatoms. The summed E-state index contributed by atoms with van der Waals surface area (Å²) in [6.07, 6.45) is 1.31. The molecule has 0 bridgehead atoms. The summed E-state index contributed by atoms with van der Waals surface area (Å²) in [4.78, 5) is 8.27. The van der Waals surface area contributed by atoms with Crippen LogP contribution < -0.4 is 5.32 Å². The molecule has 0 aliphatic heterocycles. The third-order valence-electron chi connectivity index (χ3n) is 4.00. The smallest absolute Gasteiger partial charge is 0.255 e. The number of fused-ring (bicyclic) bond motifs is 1. The van der Waals surface area contributed by atoms with Crippen molar-refractivity contribution in [3.8, 4) is 11.1 Å². The summed E-state index contributed by atoms with van der Waals surface area (Å²) in [5.41, 5.74) is -0.171. The van der Waals surface area contributed by atoms with Gasteiger partial charge < -0.3 is 5.32 Å². The van der Waals surface area contributed by atoms with Crippen molar-refractivity contribution in [2.75, 3.05) is 5.32 Å². The van der Waals surface area contributed by atoms with Crippen LogP contribution in [0.5, 0.6) is 0 Å². The molecule has 1 atom stereocenters. The third kappa shape index (κ3) is 3.29. The lowest BCUT2D eigenvalue weighted by Gasteiger charge is -2.22. The highest BCUT2D eigenvalue weighted by atomic mass is 127. The second-order valence-corrected chi connectivity index (χ2v) is 7.04. The van der Waals surface area contributed by atoms with Gasteiger partial charge >= 0.3 is 0 Å². The minimum absolute atomic E-state index is 0.0177. The molecule has 0 unspecified atom stereocenters. The van der Waals surface area contributed by atoms with Gasteiger partial charge in [-0.3, -0.25) is 0 Å². The zero-order valence-corrected chi connectivity index (χ0v) is 15.8. The number of nitrogens with one attached hydrogen (secondary N) is 1. The van der Waals surface area contributed by atoms with Crippen molar-refractivity contribution in [3.05, 3.63) is 39.6 Å². The minimum Gasteiger partial charge on any atom is -0.367 e. The van der Waals surface area contributed by atoms with Gasteiger partial charge in [0.2, 0.25) is 0 Å². The molecule has 0 saturated carbocycles. The highest BCUT2D eigenvalue weighted by Crippen LogP contribution is 2.36. The van der Waals surface area contributed by atoms with Gasteiger partial charge in [0.05, 0.1) is 11.1 Å². The zero-order valence-electron chi connectivity index (χ0n) is 13.7. The molecule has 0 spiro atoms. The molecule has 2 aromatic heterocycles. The van der Waals surface area contributed by atoms with Crippen molar-refractivity contribution in [2.24, 2.45) is 5.92 Å². The first-order valence-electron chi connectivity index (χ1n) is 7.60. The van der Waals surface area contributed by atoms with Crippen LogP contribution in [-0.4, -0.2) is 25.6 Å². The number of nitrogens with zero attached hydrogens (tertiary/aromatic N) is 4. The van der Waals surface area contributed by atoms with E-state index in [1.165, 1.54) is 10.8 Å². The van der Waals surface area contributed by atoms with E-state index in [-0.39, 0.29) is 23.1 Å². The van der Waals surface area contributed by atoms with Crippen LogP contribution in [0.25, 0.3) is 16.9 Å². The topological polar surface area (TPSA) is 55.1 Å². The van der Waals surface area contributed by atoms with Gasteiger partial charge in [0.25, 0.3) is 5.78 Å². The lowest BCUT2D eigenvalue weighted by atomic mass is 10.0. The molecule has 1 N–H and O–H groups in total. The molecule has 25 heavy (non-hydrogen) atoms. The number of hydrogen-bond acceptors (Lipinski definition) is 4. The summed E-state index contributed by atoms with van der Waals surface area (Å²) in [5, 5.41) is 7.33. The van der Waals surface area contributed by atoms with Crippen molar-refractivity contribution in [1.82, 2.24) is 19.6 Å². The SMILES string of the molecule is CC(C)[C@@H](C)Nc1c(-c2c(F)cc(F)cc2F)c(I)nc2ncnn12. The van der Waals surface area contributed by atoms with Crippen molar-refractivity contribution in [1.29, 1.82) is 0 Å². The van der Waals surface area contributed by atoms with E-state index in [2.05, 4.69) is 20.4 Å². The molecule has 1 aromatic carbocycles. The van der Waals surface area contributed by atoms with E-state index in [0.717, 1.165) is 0 Å². The number of benzene rings is 1. The minimum atomic E-state index is -1.00. The summed E-state index contributed by atoms with van der Waals surface area (Å²) >= 11 is 1.88. The Morgan fingerprint density at radius 3 is 2.32 bits per heavy atom. The van der Waals surface area contributed by atoms with Gasteiger partial charge in [-0.2, -0.15) is 14.6 Å². The largest absolute Gasteiger partial charge is 0.367 e. The Labute approximate surface area is 155 Å². The molecule has 0 radical (unpaired) electrons.